The minimum atomic E-state index is -0.613. The second-order valence-corrected chi connectivity index (χ2v) is 4.01. The van der Waals surface area contributed by atoms with Gasteiger partial charge in [0.2, 0.25) is 0 Å². The summed E-state index contributed by atoms with van der Waals surface area (Å²) in [5.74, 6) is -0.225. The van der Waals surface area contributed by atoms with Crippen LogP contribution in [-0.2, 0) is 4.74 Å². The Balaban J connectivity index is 2.05. The third kappa shape index (κ3) is 2.00. The number of hydrogen-bond acceptors (Lipinski definition) is 4. The first-order valence-electron chi connectivity index (χ1n) is 5.02. The van der Waals surface area contributed by atoms with E-state index in [1.807, 2.05) is 0 Å². The molecule has 16 heavy (non-hydrogen) atoms. The van der Waals surface area contributed by atoms with Crippen LogP contribution in [0.3, 0.4) is 0 Å². The molecule has 1 fully saturated rings. The summed E-state index contributed by atoms with van der Waals surface area (Å²) >= 11 is 0. The Bertz CT molecular complexity index is 379. The fourth-order valence-corrected chi connectivity index (χ4v) is 1.50. The molecule has 1 saturated heterocycles. The largest absolute Gasteiger partial charge is 0.399 e. The van der Waals surface area contributed by atoms with Crippen LogP contribution in [0.25, 0.3) is 0 Å². The molecule has 5 heteroatoms. The van der Waals surface area contributed by atoms with Gasteiger partial charge in [0.15, 0.2) is 0 Å². The monoisotopic (exact) mass is 222 g/mol. The molecule has 1 aliphatic heterocycles. The number of hydrogen-bond donors (Lipinski definition) is 3. The van der Waals surface area contributed by atoms with Crippen LogP contribution in [0.4, 0.5) is 5.69 Å². The van der Waals surface area contributed by atoms with Crippen LogP contribution in [0.15, 0.2) is 24.3 Å². The lowest BCUT2D eigenvalue weighted by Crippen LogP contribution is -2.64. The van der Waals surface area contributed by atoms with E-state index in [1.54, 1.807) is 24.3 Å². The average molecular weight is 222 g/mol. The van der Waals surface area contributed by atoms with Crippen molar-refractivity contribution in [1.82, 2.24) is 5.32 Å². The summed E-state index contributed by atoms with van der Waals surface area (Å²) < 4.78 is 4.99. The van der Waals surface area contributed by atoms with Gasteiger partial charge in [0.25, 0.3) is 5.91 Å². The molecule has 0 aromatic heterocycles. The molecule has 0 spiro atoms. The molecule has 0 unspecified atom stereocenters. The molecule has 1 heterocycles. The highest BCUT2D eigenvalue weighted by molar-refractivity contribution is 5.95. The third-order valence-corrected chi connectivity index (χ3v) is 2.61. The van der Waals surface area contributed by atoms with E-state index >= 15 is 0 Å². The molecule has 5 nitrogen and oxygen atoms in total. The van der Waals surface area contributed by atoms with Gasteiger partial charge in [-0.2, -0.15) is 0 Å². The first-order chi connectivity index (χ1) is 7.65. The first-order valence-corrected chi connectivity index (χ1v) is 5.02. The first kappa shape index (κ1) is 10.9. The Labute approximate surface area is 93.2 Å². The van der Waals surface area contributed by atoms with Crippen molar-refractivity contribution >= 4 is 11.6 Å². The summed E-state index contributed by atoms with van der Waals surface area (Å²) in [5.41, 5.74) is 6.05. The fourth-order valence-electron chi connectivity index (χ4n) is 1.50. The van der Waals surface area contributed by atoms with Crippen molar-refractivity contribution < 1.29 is 14.6 Å². The predicted octanol–water partition coefficient (Wildman–Crippen LogP) is -0.240. The highest BCUT2D eigenvalue weighted by atomic mass is 16.5. The van der Waals surface area contributed by atoms with Crippen LogP contribution < -0.4 is 11.1 Å². The van der Waals surface area contributed by atoms with Crippen LogP contribution in [0.5, 0.6) is 0 Å². The molecule has 1 aromatic rings. The van der Waals surface area contributed by atoms with E-state index in [9.17, 15) is 4.79 Å². The zero-order chi connectivity index (χ0) is 11.6. The number of rotatable bonds is 3. The maximum Gasteiger partial charge on any atom is 0.251 e. The minimum absolute atomic E-state index is 0.117. The Kier molecular flexibility index (Phi) is 2.80. The third-order valence-electron chi connectivity index (χ3n) is 2.61. The van der Waals surface area contributed by atoms with Gasteiger partial charge >= 0.3 is 0 Å². The van der Waals surface area contributed by atoms with Crippen LogP contribution in [0.2, 0.25) is 0 Å². The number of aliphatic hydroxyl groups excluding tert-OH is 1. The van der Waals surface area contributed by atoms with Gasteiger partial charge in [-0.1, -0.05) is 0 Å². The van der Waals surface area contributed by atoms with E-state index in [1.165, 1.54) is 0 Å². The smallest absolute Gasteiger partial charge is 0.251 e. The summed E-state index contributed by atoms with van der Waals surface area (Å²) in [6, 6.07) is 6.63. The van der Waals surface area contributed by atoms with Crippen molar-refractivity contribution in [1.29, 1.82) is 0 Å². The number of anilines is 1. The molecule has 86 valence electrons. The summed E-state index contributed by atoms with van der Waals surface area (Å²) in [4.78, 5) is 11.8. The Morgan fingerprint density at radius 3 is 2.50 bits per heavy atom. The molecule has 0 radical (unpaired) electrons. The lowest BCUT2D eigenvalue weighted by atomic mass is 9.98. The fraction of sp³-hybridized carbons (Fsp3) is 0.364. The Hall–Kier alpha value is -1.59. The molecule has 2 rings (SSSR count). The van der Waals surface area contributed by atoms with Crippen LogP contribution >= 0.6 is 0 Å². The van der Waals surface area contributed by atoms with Gasteiger partial charge in [-0.3, -0.25) is 4.79 Å². The normalized spacial score (nSPS) is 17.6. The van der Waals surface area contributed by atoms with Crippen LogP contribution in [-0.4, -0.2) is 36.4 Å². The lowest BCUT2D eigenvalue weighted by Gasteiger charge is -2.40. The number of nitrogens with one attached hydrogen (secondary N) is 1. The molecule has 0 bridgehead atoms. The topological polar surface area (TPSA) is 84.6 Å². The highest BCUT2D eigenvalue weighted by Gasteiger charge is 2.39. The zero-order valence-electron chi connectivity index (χ0n) is 8.77. The number of benzene rings is 1. The van der Waals surface area contributed by atoms with Gasteiger partial charge < -0.3 is 20.9 Å². The van der Waals surface area contributed by atoms with Gasteiger partial charge in [0.1, 0.15) is 5.54 Å². The second kappa shape index (κ2) is 4.11. The standard InChI is InChI=1S/C11H14N2O3/c12-9-3-1-8(2-4-9)10(15)13-11(5-14)6-16-7-11/h1-4,14H,5-7,12H2,(H,13,15). The maximum atomic E-state index is 11.8. The van der Waals surface area contributed by atoms with Crippen LogP contribution in [0, 0.1) is 0 Å². The van der Waals surface area contributed by atoms with E-state index < -0.39 is 5.54 Å². The second-order valence-electron chi connectivity index (χ2n) is 4.01. The summed E-state index contributed by atoms with van der Waals surface area (Å²) in [5, 5.41) is 11.9. The Morgan fingerprint density at radius 1 is 1.44 bits per heavy atom. The van der Waals surface area contributed by atoms with Crippen LogP contribution in [0.1, 0.15) is 10.4 Å². The SMILES string of the molecule is Nc1ccc(C(=O)NC2(CO)COC2)cc1. The molecular formula is C11H14N2O3. The van der Waals surface area contributed by atoms with Crippen molar-refractivity contribution in [3.05, 3.63) is 29.8 Å². The van der Waals surface area contributed by atoms with Gasteiger partial charge in [-0.05, 0) is 24.3 Å². The zero-order valence-corrected chi connectivity index (χ0v) is 8.77. The number of carbonyl (C=O) groups is 1. The van der Waals surface area contributed by atoms with Crippen molar-refractivity contribution in [2.45, 2.75) is 5.54 Å². The minimum Gasteiger partial charge on any atom is -0.399 e. The average Bonchev–Trinajstić information content (AvgIpc) is 2.24. The quantitative estimate of drug-likeness (QED) is 0.616. The van der Waals surface area contributed by atoms with E-state index in [2.05, 4.69) is 5.32 Å². The highest BCUT2D eigenvalue weighted by Crippen LogP contribution is 2.17. The summed E-state index contributed by atoms with van der Waals surface area (Å²) in [6.07, 6.45) is 0. The molecule has 1 amide bonds. The van der Waals surface area contributed by atoms with E-state index in [4.69, 9.17) is 15.6 Å². The Morgan fingerprint density at radius 2 is 2.06 bits per heavy atom. The van der Waals surface area contributed by atoms with Gasteiger partial charge in [0.05, 0.1) is 19.8 Å². The summed E-state index contributed by atoms with van der Waals surface area (Å²) in [7, 11) is 0. The maximum absolute atomic E-state index is 11.8. The molecule has 0 atom stereocenters. The number of ether oxygens (including phenoxy) is 1. The number of nitrogens with two attached hydrogens (primary N) is 1. The van der Waals surface area contributed by atoms with E-state index in [0.29, 0.717) is 24.5 Å². The molecule has 0 aliphatic carbocycles. The molecule has 1 aromatic carbocycles. The van der Waals surface area contributed by atoms with Crippen molar-refractivity contribution in [2.24, 2.45) is 0 Å². The number of amides is 1. The molecule has 4 N–H and O–H groups in total. The number of aliphatic hydroxyl groups is 1. The van der Waals surface area contributed by atoms with Crippen molar-refractivity contribution in [3.8, 4) is 0 Å². The number of carbonyl (C=O) groups excluding carboxylic acids is 1. The van der Waals surface area contributed by atoms with E-state index in [-0.39, 0.29) is 12.5 Å². The lowest BCUT2D eigenvalue weighted by molar-refractivity contribution is -0.0919. The molecular weight excluding hydrogens is 208 g/mol. The van der Waals surface area contributed by atoms with Gasteiger partial charge in [-0.15, -0.1) is 0 Å². The van der Waals surface area contributed by atoms with Gasteiger partial charge in [0, 0.05) is 11.3 Å². The molecule has 1 aliphatic rings. The van der Waals surface area contributed by atoms with Crippen molar-refractivity contribution in [2.75, 3.05) is 25.6 Å². The summed E-state index contributed by atoms with van der Waals surface area (Å²) in [6.45, 7) is 0.585. The van der Waals surface area contributed by atoms with Gasteiger partial charge in [-0.25, -0.2) is 0 Å². The molecule has 0 saturated carbocycles. The van der Waals surface area contributed by atoms with E-state index in [0.717, 1.165) is 0 Å². The number of nitrogen functional groups attached to an aromatic ring is 1. The van der Waals surface area contributed by atoms with Crippen molar-refractivity contribution in [3.63, 3.8) is 0 Å². The predicted molar refractivity (Wildman–Crippen MR) is 59.0 cm³/mol.